The van der Waals surface area contributed by atoms with Crippen LogP contribution in [0.15, 0.2) is 18.3 Å². The minimum atomic E-state index is -0.588. The highest BCUT2D eigenvalue weighted by atomic mass is 16.3. The molecule has 2 heterocycles. The van der Waals surface area contributed by atoms with E-state index in [4.69, 9.17) is 0 Å². The van der Waals surface area contributed by atoms with Crippen molar-refractivity contribution in [1.29, 1.82) is 0 Å². The number of hydrogen-bond acceptors (Lipinski definition) is 3. The molecule has 1 aliphatic rings. The van der Waals surface area contributed by atoms with Gasteiger partial charge in [-0.25, -0.2) is 0 Å². The lowest BCUT2D eigenvalue weighted by Gasteiger charge is -2.39. The van der Waals surface area contributed by atoms with Crippen LogP contribution in [0.3, 0.4) is 0 Å². The van der Waals surface area contributed by atoms with Gasteiger partial charge in [0.1, 0.15) is 0 Å². The van der Waals surface area contributed by atoms with Crippen molar-refractivity contribution in [3.63, 3.8) is 0 Å². The van der Waals surface area contributed by atoms with E-state index in [1.807, 2.05) is 20.0 Å². The molecule has 0 amide bonds. The van der Waals surface area contributed by atoms with Crippen LogP contribution >= 0.6 is 0 Å². The molecule has 1 aromatic heterocycles. The van der Waals surface area contributed by atoms with Crippen LogP contribution in [0.2, 0.25) is 0 Å². The molecule has 100 valence electrons. The molecule has 1 fully saturated rings. The van der Waals surface area contributed by atoms with Crippen molar-refractivity contribution in [2.75, 3.05) is 18.0 Å². The Balaban J connectivity index is 2.08. The van der Waals surface area contributed by atoms with Crippen molar-refractivity contribution in [3.05, 3.63) is 24.0 Å². The number of aryl methyl sites for hydroxylation is 1. The van der Waals surface area contributed by atoms with Crippen molar-refractivity contribution >= 4 is 5.69 Å². The summed E-state index contributed by atoms with van der Waals surface area (Å²) in [4.78, 5) is 6.80. The van der Waals surface area contributed by atoms with Gasteiger partial charge in [-0.1, -0.05) is 6.92 Å². The molecule has 1 atom stereocenters. The Morgan fingerprint density at radius 3 is 2.78 bits per heavy atom. The van der Waals surface area contributed by atoms with Gasteiger partial charge < -0.3 is 10.0 Å². The lowest BCUT2D eigenvalue weighted by molar-refractivity contribution is 0.0110. The predicted octanol–water partition coefficient (Wildman–Crippen LogP) is 2.63. The summed E-state index contributed by atoms with van der Waals surface area (Å²) in [5.74, 6) is 0.345. The van der Waals surface area contributed by atoms with Crippen molar-refractivity contribution in [3.8, 4) is 0 Å². The van der Waals surface area contributed by atoms with E-state index >= 15 is 0 Å². The molecule has 3 heteroatoms. The van der Waals surface area contributed by atoms with E-state index in [2.05, 4.69) is 28.9 Å². The second-order valence-corrected chi connectivity index (χ2v) is 5.80. The number of nitrogens with zero attached hydrogens (tertiary/aromatic N) is 2. The van der Waals surface area contributed by atoms with Crippen LogP contribution in [0.4, 0.5) is 5.69 Å². The summed E-state index contributed by atoms with van der Waals surface area (Å²) < 4.78 is 0. The summed E-state index contributed by atoms with van der Waals surface area (Å²) in [6.45, 7) is 7.95. The molecule has 0 spiro atoms. The van der Waals surface area contributed by atoms with Crippen LogP contribution in [0.25, 0.3) is 0 Å². The first-order valence-corrected chi connectivity index (χ1v) is 6.93. The highest BCUT2D eigenvalue weighted by Gasteiger charge is 2.31. The number of piperidine rings is 1. The van der Waals surface area contributed by atoms with Gasteiger partial charge in [0.15, 0.2) is 0 Å². The van der Waals surface area contributed by atoms with Gasteiger partial charge in [-0.05, 0) is 45.2 Å². The average molecular weight is 248 g/mol. The Bertz CT molecular complexity index is 380. The molecule has 0 aliphatic carbocycles. The zero-order valence-corrected chi connectivity index (χ0v) is 11.7. The first-order valence-electron chi connectivity index (χ1n) is 6.93. The second-order valence-electron chi connectivity index (χ2n) is 5.80. The van der Waals surface area contributed by atoms with Gasteiger partial charge in [-0.15, -0.1) is 0 Å². The summed E-state index contributed by atoms with van der Waals surface area (Å²) >= 11 is 0. The van der Waals surface area contributed by atoms with Crippen LogP contribution in [0, 0.1) is 5.92 Å². The highest BCUT2D eigenvalue weighted by Crippen LogP contribution is 2.29. The SMILES string of the molecule is CCc1ccc(N2CCC[C@H](C(C)(C)O)C2)cn1. The highest BCUT2D eigenvalue weighted by molar-refractivity contribution is 5.45. The standard InChI is InChI=1S/C15H24N2O/c1-4-13-7-8-14(10-16-13)17-9-5-6-12(11-17)15(2,3)18/h7-8,10,12,18H,4-6,9,11H2,1-3H3/t12-/m0/s1. The largest absolute Gasteiger partial charge is 0.390 e. The fourth-order valence-electron chi connectivity index (χ4n) is 2.60. The lowest BCUT2D eigenvalue weighted by Crippen LogP contribution is -2.44. The summed E-state index contributed by atoms with van der Waals surface area (Å²) in [7, 11) is 0. The first kappa shape index (κ1) is 13.3. The summed E-state index contributed by atoms with van der Waals surface area (Å²) in [6.07, 6.45) is 5.20. The van der Waals surface area contributed by atoms with Gasteiger partial charge in [0.05, 0.1) is 17.5 Å². The molecule has 18 heavy (non-hydrogen) atoms. The Morgan fingerprint density at radius 2 is 2.22 bits per heavy atom. The Morgan fingerprint density at radius 1 is 1.44 bits per heavy atom. The molecule has 0 radical (unpaired) electrons. The minimum Gasteiger partial charge on any atom is -0.390 e. The average Bonchev–Trinajstić information content (AvgIpc) is 2.38. The molecule has 0 saturated carbocycles. The van der Waals surface area contributed by atoms with Crippen LogP contribution < -0.4 is 4.90 Å². The molecule has 0 unspecified atom stereocenters. The van der Waals surface area contributed by atoms with Gasteiger partial charge in [-0.2, -0.15) is 0 Å². The van der Waals surface area contributed by atoms with E-state index in [0.29, 0.717) is 5.92 Å². The van der Waals surface area contributed by atoms with Crippen LogP contribution in [-0.4, -0.2) is 28.8 Å². The van der Waals surface area contributed by atoms with Crippen molar-refractivity contribution in [2.24, 2.45) is 5.92 Å². The summed E-state index contributed by atoms with van der Waals surface area (Å²) in [5, 5.41) is 10.1. The first-order chi connectivity index (χ1) is 8.50. The number of aliphatic hydroxyl groups is 1. The summed E-state index contributed by atoms with van der Waals surface area (Å²) in [6, 6.07) is 4.25. The molecule has 3 nitrogen and oxygen atoms in total. The molecule has 1 aliphatic heterocycles. The normalized spacial score (nSPS) is 21.1. The number of rotatable bonds is 3. The Labute approximate surface area is 110 Å². The molecular weight excluding hydrogens is 224 g/mol. The van der Waals surface area contributed by atoms with Gasteiger partial charge in [0.25, 0.3) is 0 Å². The molecule has 1 N–H and O–H groups in total. The minimum absolute atomic E-state index is 0.345. The fourth-order valence-corrected chi connectivity index (χ4v) is 2.60. The number of anilines is 1. The number of pyridine rings is 1. The maximum atomic E-state index is 10.1. The smallest absolute Gasteiger partial charge is 0.0636 e. The Hall–Kier alpha value is -1.09. The molecule has 0 bridgehead atoms. The van der Waals surface area contributed by atoms with Gasteiger partial charge in [-0.3, -0.25) is 4.98 Å². The number of aromatic nitrogens is 1. The van der Waals surface area contributed by atoms with E-state index in [0.717, 1.165) is 38.0 Å². The third-order valence-electron chi connectivity index (χ3n) is 3.96. The zero-order chi connectivity index (χ0) is 13.2. The van der Waals surface area contributed by atoms with E-state index in [9.17, 15) is 5.11 Å². The van der Waals surface area contributed by atoms with E-state index in [-0.39, 0.29) is 0 Å². The zero-order valence-electron chi connectivity index (χ0n) is 11.7. The maximum absolute atomic E-state index is 10.1. The van der Waals surface area contributed by atoms with Gasteiger partial charge in [0, 0.05) is 24.7 Å². The molecule has 1 saturated heterocycles. The molecular formula is C15H24N2O. The van der Waals surface area contributed by atoms with Crippen molar-refractivity contribution < 1.29 is 5.11 Å². The summed E-state index contributed by atoms with van der Waals surface area (Å²) in [5.41, 5.74) is 1.73. The topological polar surface area (TPSA) is 36.4 Å². The van der Waals surface area contributed by atoms with Gasteiger partial charge >= 0.3 is 0 Å². The van der Waals surface area contributed by atoms with Crippen molar-refractivity contribution in [1.82, 2.24) is 4.98 Å². The number of hydrogen-bond donors (Lipinski definition) is 1. The quantitative estimate of drug-likeness (QED) is 0.893. The van der Waals surface area contributed by atoms with Crippen LogP contribution in [0.1, 0.15) is 39.3 Å². The van der Waals surface area contributed by atoms with Crippen molar-refractivity contribution in [2.45, 2.75) is 45.6 Å². The third-order valence-corrected chi connectivity index (χ3v) is 3.96. The Kier molecular flexibility index (Phi) is 3.91. The molecule has 2 rings (SSSR count). The fraction of sp³-hybridized carbons (Fsp3) is 0.667. The van der Waals surface area contributed by atoms with Gasteiger partial charge in [0.2, 0.25) is 0 Å². The third kappa shape index (κ3) is 3.02. The lowest BCUT2D eigenvalue weighted by atomic mass is 9.84. The molecule has 1 aromatic rings. The second kappa shape index (κ2) is 5.27. The monoisotopic (exact) mass is 248 g/mol. The van der Waals surface area contributed by atoms with E-state index in [1.165, 1.54) is 5.69 Å². The van der Waals surface area contributed by atoms with E-state index in [1.54, 1.807) is 0 Å². The maximum Gasteiger partial charge on any atom is 0.0636 e. The molecule has 0 aromatic carbocycles. The van der Waals surface area contributed by atoms with E-state index < -0.39 is 5.60 Å². The van der Waals surface area contributed by atoms with Crippen LogP contribution in [0.5, 0.6) is 0 Å². The van der Waals surface area contributed by atoms with Crippen LogP contribution in [-0.2, 0) is 6.42 Å². The predicted molar refractivity (Wildman–Crippen MR) is 74.8 cm³/mol.